The third-order valence-corrected chi connectivity index (χ3v) is 6.15. The summed E-state index contributed by atoms with van der Waals surface area (Å²) in [5, 5.41) is 19.5. The Hall–Kier alpha value is -3.24. The largest absolute Gasteiger partial charge is 0.456 e. The van der Waals surface area contributed by atoms with Crippen molar-refractivity contribution in [2.75, 3.05) is 13.1 Å². The number of ether oxygens (including phenoxy) is 1. The molecule has 1 N–H and O–H groups in total. The van der Waals surface area contributed by atoms with Gasteiger partial charge in [0.15, 0.2) is 11.5 Å². The third kappa shape index (κ3) is 4.68. The molecule has 1 fully saturated rings. The highest BCUT2D eigenvalue weighted by Crippen LogP contribution is 2.35. The van der Waals surface area contributed by atoms with Crippen LogP contribution in [0.25, 0.3) is 28.1 Å². The average molecular weight is 486 g/mol. The first-order valence-electron chi connectivity index (χ1n) is 11.4. The molecule has 0 bridgehead atoms. The Labute approximate surface area is 200 Å². The van der Waals surface area contributed by atoms with E-state index in [-0.39, 0.29) is 12.3 Å². The van der Waals surface area contributed by atoms with E-state index in [9.17, 15) is 18.3 Å². The van der Waals surface area contributed by atoms with E-state index in [2.05, 4.69) is 15.2 Å². The predicted molar refractivity (Wildman–Crippen MR) is 125 cm³/mol. The number of hydrogen-bond donors (Lipinski definition) is 1. The molecule has 184 valence electrons. The molecular weight excluding hydrogens is 459 g/mol. The van der Waals surface area contributed by atoms with E-state index in [0.717, 1.165) is 5.39 Å². The summed E-state index contributed by atoms with van der Waals surface area (Å²) in [5.74, 6) is -1.25. The quantitative estimate of drug-likeness (QED) is 0.423. The predicted octanol–water partition coefficient (Wildman–Crippen LogP) is 4.79. The van der Waals surface area contributed by atoms with Crippen molar-refractivity contribution in [1.82, 2.24) is 24.5 Å². The van der Waals surface area contributed by atoms with Crippen molar-refractivity contribution in [3.05, 3.63) is 54.2 Å². The minimum atomic E-state index is -2.65. The topological polar surface area (TPSA) is 75.8 Å². The molecule has 1 aliphatic heterocycles. The molecule has 2 atom stereocenters. The van der Waals surface area contributed by atoms with Gasteiger partial charge in [-0.15, -0.1) is 10.2 Å². The van der Waals surface area contributed by atoms with Gasteiger partial charge in [-0.25, -0.2) is 13.8 Å². The minimum absolute atomic E-state index is 0.162. The van der Waals surface area contributed by atoms with Gasteiger partial charge in [-0.05, 0) is 37.1 Å². The summed E-state index contributed by atoms with van der Waals surface area (Å²) >= 11 is 0. The van der Waals surface area contributed by atoms with E-state index in [1.54, 1.807) is 52.8 Å². The summed E-state index contributed by atoms with van der Waals surface area (Å²) < 4.78 is 49.6. The molecule has 4 aromatic rings. The van der Waals surface area contributed by atoms with Gasteiger partial charge in [0.05, 0.1) is 11.6 Å². The van der Waals surface area contributed by atoms with Gasteiger partial charge in [-0.1, -0.05) is 24.3 Å². The number of para-hydroxylation sites is 1. The van der Waals surface area contributed by atoms with Crippen molar-refractivity contribution in [2.24, 2.45) is 0 Å². The van der Waals surface area contributed by atoms with E-state index in [1.165, 1.54) is 13.8 Å². The first-order chi connectivity index (χ1) is 16.5. The van der Waals surface area contributed by atoms with Crippen LogP contribution < -0.4 is 4.74 Å². The number of fused-ring (bicyclic) bond motifs is 2. The molecule has 7 nitrogen and oxygen atoms in total. The van der Waals surface area contributed by atoms with E-state index in [4.69, 9.17) is 4.74 Å². The number of β-amino-alcohol motifs (C(OH)–C–C–N with tert-alkyl or cyclic N) is 1. The lowest BCUT2D eigenvalue weighted by molar-refractivity contribution is -0.0246. The number of aliphatic hydroxyl groups is 1. The molecule has 1 unspecified atom stereocenters. The summed E-state index contributed by atoms with van der Waals surface area (Å²) in [7, 11) is 0. The molecule has 0 amide bonds. The molecule has 10 heteroatoms. The fourth-order valence-corrected chi connectivity index (χ4v) is 4.58. The van der Waals surface area contributed by atoms with Gasteiger partial charge in [0.1, 0.15) is 17.0 Å². The van der Waals surface area contributed by atoms with Gasteiger partial charge in [0, 0.05) is 38.5 Å². The molecule has 1 aromatic carbocycles. The highest BCUT2D eigenvalue weighted by Gasteiger charge is 2.39. The van der Waals surface area contributed by atoms with Crippen LogP contribution in [0.3, 0.4) is 0 Å². The zero-order valence-corrected chi connectivity index (χ0v) is 19.6. The van der Waals surface area contributed by atoms with E-state index < -0.39 is 23.9 Å². The molecule has 0 spiro atoms. The summed E-state index contributed by atoms with van der Waals surface area (Å²) in [6.45, 7) is 4.80. The molecule has 5 rings (SSSR count). The standard InChI is InChI=1S/C25H26F3N5O2/c1-24(2,28)35-18-6-4-5-15-7-9-17(29-20(15)18)23-31-30-19-10-8-16(13-33(19)23)21(22(26)27)32-12-11-25(3,34)14-32/h4-10,13,21-22,34H,11-12,14H2,1-3H3/t21-,25?/m0/s1. The van der Waals surface area contributed by atoms with Crippen LogP contribution in [-0.2, 0) is 0 Å². The Bertz CT molecular complexity index is 1380. The van der Waals surface area contributed by atoms with Crippen molar-refractivity contribution in [3.8, 4) is 17.3 Å². The van der Waals surface area contributed by atoms with Crippen LogP contribution in [0.5, 0.6) is 5.75 Å². The van der Waals surface area contributed by atoms with Gasteiger partial charge in [0.25, 0.3) is 6.43 Å². The highest BCUT2D eigenvalue weighted by atomic mass is 19.3. The summed E-state index contributed by atoms with van der Waals surface area (Å²) in [6, 6.07) is 10.9. The lowest BCUT2D eigenvalue weighted by atomic mass is 10.1. The van der Waals surface area contributed by atoms with Crippen LogP contribution in [0.2, 0.25) is 0 Å². The van der Waals surface area contributed by atoms with Crippen LogP contribution in [0.15, 0.2) is 48.7 Å². The fourth-order valence-electron chi connectivity index (χ4n) is 4.58. The second kappa shape index (κ2) is 8.46. The van der Waals surface area contributed by atoms with Crippen LogP contribution in [-0.4, -0.2) is 60.6 Å². The Morgan fingerprint density at radius 3 is 2.60 bits per heavy atom. The maximum Gasteiger partial charge on any atom is 0.258 e. The van der Waals surface area contributed by atoms with Crippen LogP contribution in [0, 0.1) is 0 Å². The fraction of sp³-hybridized carbons (Fsp3) is 0.400. The van der Waals surface area contributed by atoms with Crippen LogP contribution in [0.1, 0.15) is 38.8 Å². The lowest BCUT2D eigenvalue weighted by Gasteiger charge is -2.28. The van der Waals surface area contributed by atoms with Gasteiger partial charge in [-0.3, -0.25) is 9.30 Å². The molecule has 4 heterocycles. The van der Waals surface area contributed by atoms with E-state index in [1.807, 2.05) is 12.1 Å². The van der Waals surface area contributed by atoms with Crippen LogP contribution in [0.4, 0.5) is 13.2 Å². The number of halogens is 3. The number of aromatic nitrogens is 4. The number of pyridine rings is 2. The maximum atomic E-state index is 14.2. The van der Waals surface area contributed by atoms with Crippen molar-refractivity contribution < 1.29 is 23.0 Å². The monoisotopic (exact) mass is 485 g/mol. The number of likely N-dealkylation sites (tertiary alicyclic amines) is 1. The van der Waals surface area contributed by atoms with E-state index >= 15 is 0 Å². The molecule has 0 radical (unpaired) electrons. The Morgan fingerprint density at radius 2 is 1.91 bits per heavy atom. The molecule has 1 aliphatic rings. The van der Waals surface area contributed by atoms with Gasteiger partial charge < -0.3 is 9.84 Å². The zero-order valence-electron chi connectivity index (χ0n) is 19.6. The van der Waals surface area contributed by atoms with Gasteiger partial charge >= 0.3 is 0 Å². The summed E-state index contributed by atoms with van der Waals surface area (Å²) in [6.07, 6.45) is -0.630. The molecular formula is C25H26F3N5O2. The second-order valence-corrected chi connectivity index (χ2v) is 9.70. The second-order valence-electron chi connectivity index (χ2n) is 9.70. The Kier molecular flexibility index (Phi) is 5.68. The average Bonchev–Trinajstić information content (AvgIpc) is 3.35. The van der Waals surface area contributed by atoms with Gasteiger partial charge in [0.2, 0.25) is 5.85 Å². The summed E-state index contributed by atoms with van der Waals surface area (Å²) in [4.78, 5) is 6.26. The number of hydrogen-bond acceptors (Lipinski definition) is 6. The maximum absolute atomic E-state index is 14.2. The van der Waals surface area contributed by atoms with E-state index in [0.29, 0.717) is 41.2 Å². The normalized spacial score (nSPS) is 20.2. The third-order valence-electron chi connectivity index (χ3n) is 6.15. The molecule has 3 aromatic heterocycles. The molecule has 0 saturated carbocycles. The first-order valence-corrected chi connectivity index (χ1v) is 11.4. The van der Waals surface area contributed by atoms with Crippen molar-refractivity contribution in [2.45, 2.75) is 51.1 Å². The molecule has 0 aliphatic carbocycles. The zero-order chi connectivity index (χ0) is 25.0. The number of benzene rings is 1. The smallest absolute Gasteiger partial charge is 0.258 e. The van der Waals surface area contributed by atoms with Crippen LogP contribution >= 0.6 is 0 Å². The number of alkyl halides is 3. The Morgan fingerprint density at radius 1 is 1.11 bits per heavy atom. The first kappa shape index (κ1) is 23.5. The Balaban J connectivity index is 1.58. The van der Waals surface area contributed by atoms with Gasteiger partial charge in [-0.2, -0.15) is 4.39 Å². The van der Waals surface area contributed by atoms with Crippen molar-refractivity contribution in [1.29, 1.82) is 0 Å². The lowest BCUT2D eigenvalue weighted by Crippen LogP contribution is -2.35. The molecule has 1 saturated heterocycles. The number of rotatable bonds is 6. The number of nitrogens with zero attached hydrogens (tertiary/aromatic N) is 5. The molecule has 35 heavy (non-hydrogen) atoms. The van der Waals surface area contributed by atoms with Crippen molar-refractivity contribution in [3.63, 3.8) is 0 Å². The van der Waals surface area contributed by atoms with Crippen molar-refractivity contribution >= 4 is 16.6 Å². The SMILES string of the molecule is CC1(O)CCN([C@@H](c2ccc3nnc(-c4ccc5cccc(OC(C)(C)F)c5n4)n3c2)C(F)F)C1. The highest BCUT2D eigenvalue weighted by molar-refractivity contribution is 5.86. The summed E-state index contributed by atoms with van der Waals surface area (Å²) in [5.41, 5.74) is 0.750. The minimum Gasteiger partial charge on any atom is -0.456 e.